The average Bonchev–Trinajstić information content (AvgIpc) is 3.90. The minimum absolute atomic E-state index is 0.122. The summed E-state index contributed by atoms with van der Waals surface area (Å²) in [5.74, 6) is 3.60. The Morgan fingerprint density at radius 1 is 0.529 bits per heavy atom. The molecule has 8 atom stereocenters. The molecular weight excluding hydrogens is 849 g/mol. The van der Waals surface area contributed by atoms with Gasteiger partial charge in [0.25, 0.3) is 0 Å². The molecule has 2 unspecified atom stereocenters. The molecule has 8 heteroatoms. The summed E-state index contributed by atoms with van der Waals surface area (Å²) in [6.07, 6.45) is 9.07. The average molecular weight is 911 g/mol. The van der Waals surface area contributed by atoms with Crippen LogP contribution in [-0.2, 0) is 40.0 Å². The number of hydrogen-bond donors (Lipinski definition) is 1. The van der Waals surface area contributed by atoms with Gasteiger partial charge >= 0.3 is 11.9 Å². The van der Waals surface area contributed by atoms with E-state index in [4.69, 9.17) is 18.9 Å². The molecule has 0 aromatic heterocycles. The number of hydrogen-bond acceptors (Lipinski definition) is 8. The van der Waals surface area contributed by atoms with Gasteiger partial charge in [-0.1, -0.05) is 109 Å². The molecule has 0 heterocycles. The molecule has 2 saturated carbocycles. The Hall–Kier alpha value is -6.51. The number of rotatable bonds is 14. The van der Waals surface area contributed by atoms with Crippen molar-refractivity contribution in [1.29, 1.82) is 0 Å². The highest BCUT2D eigenvalue weighted by Crippen LogP contribution is 2.51. The van der Waals surface area contributed by atoms with E-state index in [-0.39, 0.29) is 42.6 Å². The van der Waals surface area contributed by atoms with Gasteiger partial charge in [-0.3, -0.25) is 0 Å². The Labute approximate surface area is 400 Å². The Morgan fingerprint density at radius 2 is 0.956 bits per heavy atom. The van der Waals surface area contributed by atoms with E-state index in [1.165, 1.54) is 22.3 Å². The van der Waals surface area contributed by atoms with Crippen molar-refractivity contribution in [2.24, 2.45) is 35.5 Å². The number of fused-ring (bicyclic) bond motifs is 4. The Balaban J connectivity index is 0.000000170. The maximum absolute atomic E-state index is 13.1. The molecule has 4 aliphatic rings. The number of aldehydes is 1. The van der Waals surface area contributed by atoms with Gasteiger partial charge in [-0.25, -0.2) is 9.59 Å². The van der Waals surface area contributed by atoms with Crippen LogP contribution in [0.5, 0.6) is 11.5 Å². The molecule has 4 aliphatic carbocycles. The fourth-order valence-corrected chi connectivity index (χ4v) is 12.1. The van der Waals surface area contributed by atoms with Gasteiger partial charge in [-0.15, -0.1) is 0 Å². The fraction of sp³-hybridized carbons (Fsp3) is 0.350. The third-order valence-corrected chi connectivity index (χ3v) is 15.4. The second kappa shape index (κ2) is 21.6. The highest BCUT2D eigenvalue weighted by Gasteiger charge is 2.48. The second-order valence-electron chi connectivity index (χ2n) is 19.0. The van der Waals surface area contributed by atoms with E-state index < -0.39 is 0 Å². The van der Waals surface area contributed by atoms with E-state index in [0.29, 0.717) is 41.2 Å². The number of aliphatic hydroxyl groups excluding tert-OH is 1. The zero-order chi connectivity index (χ0) is 47.0. The molecule has 1 N–H and O–H groups in total. The minimum atomic E-state index is -0.283. The number of benzene rings is 6. The van der Waals surface area contributed by atoms with Crippen LogP contribution in [0.15, 0.2) is 146 Å². The van der Waals surface area contributed by atoms with Crippen LogP contribution in [0.4, 0.5) is 0 Å². The summed E-state index contributed by atoms with van der Waals surface area (Å²) in [4.78, 5) is 37.4. The molecule has 0 spiro atoms. The van der Waals surface area contributed by atoms with Crippen LogP contribution in [0.1, 0.15) is 81.5 Å². The summed E-state index contributed by atoms with van der Waals surface area (Å²) in [7, 11) is 3.45. The topological polar surface area (TPSA) is 108 Å². The van der Waals surface area contributed by atoms with Gasteiger partial charge in [0.2, 0.25) is 0 Å². The SMILES string of the molecule is COc1cccc2c1CC1C[C@@H](OC(=O)c3ccc(-c4ccccc4)cc3)[C@H](CCC=O)[C@H]1C2.COc1cccc2c1CC1C[C@@H](OC(=O)c3ccc(-c4ccccc4)cc3)[C@H](CCCO)[C@H]1C2. The van der Waals surface area contributed by atoms with Gasteiger partial charge in [0, 0.05) is 13.0 Å². The number of carbonyl (C=O) groups excluding carboxylic acids is 3. The van der Waals surface area contributed by atoms with Crippen LogP contribution in [-0.4, -0.2) is 56.4 Å². The van der Waals surface area contributed by atoms with Crippen LogP contribution in [0.2, 0.25) is 0 Å². The molecular formula is C60H62O8. The molecule has 68 heavy (non-hydrogen) atoms. The molecule has 8 nitrogen and oxygen atoms in total. The molecule has 0 saturated heterocycles. The second-order valence-corrected chi connectivity index (χ2v) is 19.0. The highest BCUT2D eigenvalue weighted by atomic mass is 16.5. The first-order valence-electron chi connectivity index (χ1n) is 24.4. The quantitative estimate of drug-likeness (QED) is 0.0850. The van der Waals surface area contributed by atoms with E-state index in [2.05, 4.69) is 42.5 Å². The van der Waals surface area contributed by atoms with Crippen molar-refractivity contribution in [2.75, 3.05) is 20.8 Å². The Bertz CT molecular complexity index is 2640. The lowest BCUT2D eigenvalue weighted by Gasteiger charge is -2.32. The fourth-order valence-electron chi connectivity index (χ4n) is 12.1. The van der Waals surface area contributed by atoms with Crippen molar-refractivity contribution < 1.29 is 38.4 Å². The standard InChI is InChI=1S/C30H32O4.C30H30O4/c2*1-33-28-11-5-9-23-17-26-24(18-27(23)28)19-29(25(26)10-6-16-31)34-30(32)22-14-12-21(13-15-22)20-7-3-2-4-8-20/h2-5,7-9,11-15,24-26,29,31H,6,10,16-19H2,1H3;2-5,7-9,11-16,24-26,29H,6,10,17-19H2,1H3/t2*24?,25-,26+,29-/m11/s1. The van der Waals surface area contributed by atoms with Crippen molar-refractivity contribution >= 4 is 18.2 Å². The van der Waals surface area contributed by atoms with E-state index in [1.807, 2.05) is 103 Å². The number of esters is 2. The van der Waals surface area contributed by atoms with Crippen LogP contribution < -0.4 is 9.47 Å². The molecule has 0 radical (unpaired) electrons. The van der Waals surface area contributed by atoms with Gasteiger partial charge < -0.3 is 28.8 Å². The van der Waals surface area contributed by atoms with E-state index in [0.717, 1.165) is 97.8 Å². The molecule has 10 rings (SSSR count). The van der Waals surface area contributed by atoms with Crippen LogP contribution in [0.3, 0.4) is 0 Å². The van der Waals surface area contributed by atoms with E-state index in [1.54, 1.807) is 14.2 Å². The van der Waals surface area contributed by atoms with Crippen molar-refractivity contribution in [2.45, 2.75) is 76.4 Å². The number of methoxy groups -OCH3 is 2. The van der Waals surface area contributed by atoms with Crippen molar-refractivity contribution in [3.63, 3.8) is 0 Å². The first-order chi connectivity index (χ1) is 33.3. The van der Waals surface area contributed by atoms with E-state index in [9.17, 15) is 19.5 Å². The third-order valence-electron chi connectivity index (χ3n) is 15.4. The monoisotopic (exact) mass is 910 g/mol. The maximum atomic E-state index is 13.1. The third kappa shape index (κ3) is 10.2. The first kappa shape index (κ1) is 46.6. The summed E-state index contributed by atoms with van der Waals surface area (Å²) in [6.45, 7) is 0.167. The molecule has 0 bridgehead atoms. The number of aliphatic hydroxyl groups is 1. The first-order valence-corrected chi connectivity index (χ1v) is 24.4. The maximum Gasteiger partial charge on any atom is 0.338 e. The Morgan fingerprint density at radius 3 is 1.37 bits per heavy atom. The summed E-state index contributed by atoms with van der Waals surface area (Å²) in [5.41, 5.74) is 10.8. The number of ether oxygens (including phenoxy) is 4. The normalized spacial score (nSPS) is 23.0. The van der Waals surface area contributed by atoms with Crippen LogP contribution in [0, 0.1) is 35.5 Å². The zero-order valence-electron chi connectivity index (χ0n) is 39.1. The highest BCUT2D eigenvalue weighted by molar-refractivity contribution is 5.91. The molecule has 6 aromatic rings. The summed E-state index contributed by atoms with van der Waals surface area (Å²) in [5, 5.41) is 9.49. The van der Waals surface area contributed by atoms with Gasteiger partial charge in [-0.05, 0) is 174 Å². The number of carbonyl (C=O) groups is 3. The van der Waals surface area contributed by atoms with Crippen LogP contribution in [0.25, 0.3) is 22.3 Å². The van der Waals surface area contributed by atoms with Crippen LogP contribution >= 0.6 is 0 Å². The predicted molar refractivity (Wildman–Crippen MR) is 265 cm³/mol. The zero-order valence-corrected chi connectivity index (χ0v) is 39.1. The lowest BCUT2D eigenvalue weighted by molar-refractivity contribution is -0.108. The molecule has 350 valence electrons. The smallest absolute Gasteiger partial charge is 0.338 e. The molecule has 6 aromatic carbocycles. The molecule has 0 aliphatic heterocycles. The van der Waals surface area contributed by atoms with Gasteiger partial charge in [0.1, 0.15) is 30.0 Å². The van der Waals surface area contributed by atoms with Crippen molar-refractivity contribution in [3.8, 4) is 33.8 Å². The lowest BCUT2D eigenvalue weighted by Crippen LogP contribution is -2.29. The summed E-state index contributed by atoms with van der Waals surface area (Å²) < 4.78 is 23.5. The van der Waals surface area contributed by atoms with Gasteiger partial charge in [-0.2, -0.15) is 0 Å². The Kier molecular flexibility index (Phi) is 14.8. The minimum Gasteiger partial charge on any atom is -0.496 e. The lowest BCUT2D eigenvalue weighted by atomic mass is 9.73. The molecule has 0 amide bonds. The van der Waals surface area contributed by atoms with E-state index >= 15 is 0 Å². The summed E-state index contributed by atoms with van der Waals surface area (Å²) in [6, 6.07) is 48.1. The molecule has 2 fully saturated rings. The van der Waals surface area contributed by atoms with Gasteiger partial charge in [0.05, 0.1) is 25.3 Å². The van der Waals surface area contributed by atoms with Gasteiger partial charge in [0.15, 0.2) is 0 Å². The predicted octanol–water partition coefficient (Wildman–Crippen LogP) is 11.6. The summed E-state index contributed by atoms with van der Waals surface area (Å²) >= 11 is 0. The van der Waals surface area contributed by atoms with Crippen molar-refractivity contribution in [3.05, 3.63) is 179 Å². The van der Waals surface area contributed by atoms with Crippen molar-refractivity contribution in [1.82, 2.24) is 0 Å². The largest absolute Gasteiger partial charge is 0.496 e.